The van der Waals surface area contributed by atoms with Crippen molar-refractivity contribution >= 4 is 16.3 Å². The van der Waals surface area contributed by atoms with Crippen molar-refractivity contribution in [3.8, 4) is 11.5 Å². The third-order valence-electron chi connectivity index (χ3n) is 3.76. The first kappa shape index (κ1) is 16.7. The van der Waals surface area contributed by atoms with Gasteiger partial charge in [0, 0.05) is 6.07 Å². The summed E-state index contributed by atoms with van der Waals surface area (Å²) in [5.74, 6) is 2.38. The number of hydrogen-bond donors (Lipinski definition) is 0. The Balaban J connectivity index is 1.70. The second kappa shape index (κ2) is 7.59. The summed E-state index contributed by atoms with van der Waals surface area (Å²) in [5, 5.41) is 13.9. The summed E-state index contributed by atoms with van der Waals surface area (Å²) in [6, 6.07) is 7.53. The Kier molecular flexibility index (Phi) is 5.27. The van der Waals surface area contributed by atoms with Crippen molar-refractivity contribution in [2.45, 2.75) is 27.0 Å². The molecule has 1 aromatic carbocycles. The fourth-order valence-electron chi connectivity index (χ4n) is 2.34. The first-order valence-electron chi connectivity index (χ1n) is 7.92. The summed E-state index contributed by atoms with van der Waals surface area (Å²) in [4.78, 5) is 3.07. The van der Waals surface area contributed by atoms with E-state index < -0.39 is 0 Å². The van der Waals surface area contributed by atoms with E-state index in [1.54, 1.807) is 7.11 Å². The van der Waals surface area contributed by atoms with E-state index in [9.17, 15) is 0 Å². The lowest BCUT2D eigenvalue weighted by molar-refractivity contribution is 0.284. The minimum Gasteiger partial charge on any atom is -0.497 e. The zero-order valence-electron chi connectivity index (χ0n) is 14.1. The number of benzene rings is 1. The van der Waals surface area contributed by atoms with Crippen LogP contribution in [0.15, 0.2) is 24.3 Å². The average molecular weight is 347 g/mol. The van der Waals surface area contributed by atoms with Crippen LogP contribution >= 0.6 is 11.3 Å². The molecule has 3 rings (SSSR count). The maximum atomic E-state index is 5.79. The van der Waals surface area contributed by atoms with Crippen LogP contribution in [0.4, 0.5) is 0 Å². The number of hydrogen-bond acceptors (Lipinski definition) is 7. The molecule has 0 spiro atoms. The van der Waals surface area contributed by atoms with E-state index in [1.165, 1.54) is 11.3 Å². The fourth-order valence-corrected chi connectivity index (χ4v) is 3.10. The molecule has 0 aliphatic carbocycles. The number of fused-ring (bicyclic) bond motifs is 1. The molecule has 24 heavy (non-hydrogen) atoms. The van der Waals surface area contributed by atoms with E-state index in [0.29, 0.717) is 6.61 Å². The molecule has 0 amide bonds. The number of nitrogens with zero attached hydrogens (tertiary/aromatic N) is 5. The van der Waals surface area contributed by atoms with Gasteiger partial charge in [-0.1, -0.05) is 31.3 Å². The van der Waals surface area contributed by atoms with Gasteiger partial charge < -0.3 is 9.47 Å². The summed E-state index contributed by atoms with van der Waals surface area (Å²) in [6.45, 7) is 7.36. The van der Waals surface area contributed by atoms with Crippen molar-refractivity contribution in [1.29, 1.82) is 0 Å². The van der Waals surface area contributed by atoms with Crippen molar-refractivity contribution in [3.63, 3.8) is 0 Å². The topological polar surface area (TPSA) is 64.8 Å². The van der Waals surface area contributed by atoms with E-state index >= 15 is 0 Å². The van der Waals surface area contributed by atoms with Crippen LogP contribution in [-0.2, 0) is 13.2 Å². The van der Waals surface area contributed by atoms with Crippen LogP contribution in [0.1, 0.15) is 24.7 Å². The van der Waals surface area contributed by atoms with Crippen molar-refractivity contribution in [2.24, 2.45) is 0 Å². The smallest absolute Gasteiger partial charge is 0.234 e. The van der Waals surface area contributed by atoms with Gasteiger partial charge in [0.1, 0.15) is 18.1 Å². The highest BCUT2D eigenvalue weighted by atomic mass is 32.1. The van der Waals surface area contributed by atoms with Gasteiger partial charge in [-0.3, -0.25) is 4.90 Å². The van der Waals surface area contributed by atoms with Crippen LogP contribution in [0.5, 0.6) is 11.5 Å². The van der Waals surface area contributed by atoms with Gasteiger partial charge in [-0.2, -0.15) is 9.61 Å². The molecule has 0 saturated carbocycles. The SMILES string of the molecule is CCN(CC)Cc1nnc2sc(COc3cccc(OC)c3)nn12. The van der Waals surface area contributed by atoms with E-state index in [4.69, 9.17) is 9.47 Å². The third kappa shape index (κ3) is 3.65. The largest absolute Gasteiger partial charge is 0.497 e. The maximum Gasteiger partial charge on any atom is 0.234 e. The lowest BCUT2D eigenvalue weighted by atomic mass is 10.3. The Morgan fingerprint density at radius 1 is 1.17 bits per heavy atom. The molecule has 0 radical (unpaired) electrons. The van der Waals surface area contributed by atoms with Gasteiger partial charge in [-0.05, 0) is 25.2 Å². The second-order valence-electron chi connectivity index (χ2n) is 5.24. The molecule has 0 saturated heterocycles. The Hall–Kier alpha value is -2.19. The van der Waals surface area contributed by atoms with E-state index in [-0.39, 0.29) is 0 Å². The number of methoxy groups -OCH3 is 1. The van der Waals surface area contributed by atoms with Crippen LogP contribution in [0.25, 0.3) is 4.96 Å². The number of aromatic nitrogens is 4. The molecule has 0 unspecified atom stereocenters. The van der Waals surface area contributed by atoms with Crippen molar-refractivity contribution in [3.05, 3.63) is 35.1 Å². The minimum absolute atomic E-state index is 0.395. The van der Waals surface area contributed by atoms with E-state index in [0.717, 1.165) is 46.9 Å². The van der Waals surface area contributed by atoms with Gasteiger partial charge in [0.25, 0.3) is 0 Å². The summed E-state index contributed by atoms with van der Waals surface area (Å²) >= 11 is 1.49. The molecule has 0 atom stereocenters. The predicted molar refractivity (Wildman–Crippen MR) is 92.6 cm³/mol. The first-order valence-corrected chi connectivity index (χ1v) is 8.74. The monoisotopic (exact) mass is 347 g/mol. The Labute approximate surface area is 144 Å². The Bertz CT molecular complexity index is 797. The lowest BCUT2D eigenvalue weighted by Crippen LogP contribution is -2.23. The van der Waals surface area contributed by atoms with Crippen LogP contribution in [-0.4, -0.2) is 44.9 Å². The highest BCUT2D eigenvalue weighted by molar-refractivity contribution is 7.16. The standard InChI is InChI=1S/C16H21N5O2S/c1-4-20(5-2)10-14-17-18-16-21(14)19-15(24-16)11-23-13-8-6-7-12(9-13)22-3/h6-9H,4-5,10-11H2,1-3H3. The third-order valence-corrected chi connectivity index (χ3v) is 4.63. The molecular weight excluding hydrogens is 326 g/mol. The first-order chi connectivity index (χ1) is 11.7. The van der Waals surface area contributed by atoms with Crippen molar-refractivity contribution in [2.75, 3.05) is 20.2 Å². The quantitative estimate of drug-likeness (QED) is 0.624. The second-order valence-corrected chi connectivity index (χ2v) is 6.28. The molecular formula is C16H21N5O2S. The van der Waals surface area contributed by atoms with Crippen molar-refractivity contribution < 1.29 is 9.47 Å². The van der Waals surface area contributed by atoms with Gasteiger partial charge in [-0.15, -0.1) is 10.2 Å². The molecule has 0 N–H and O–H groups in total. The number of rotatable bonds is 8. The highest BCUT2D eigenvalue weighted by Crippen LogP contribution is 2.21. The van der Waals surface area contributed by atoms with Gasteiger partial charge in [0.05, 0.1) is 13.7 Å². The number of ether oxygens (including phenoxy) is 2. The predicted octanol–water partition coefficient (Wildman–Crippen LogP) is 2.62. The maximum absolute atomic E-state index is 5.79. The Morgan fingerprint density at radius 2 is 1.96 bits per heavy atom. The van der Waals surface area contributed by atoms with E-state index in [1.807, 2.05) is 28.8 Å². The van der Waals surface area contributed by atoms with Gasteiger partial charge in [-0.25, -0.2) is 0 Å². The molecule has 8 heteroatoms. The van der Waals surface area contributed by atoms with Crippen LogP contribution < -0.4 is 9.47 Å². The zero-order chi connectivity index (χ0) is 16.9. The molecule has 7 nitrogen and oxygen atoms in total. The fraction of sp³-hybridized carbons (Fsp3) is 0.438. The molecule has 0 fully saturated rings. The van der Waals surface area contributed by atoms with Crippen LogP contribution in [0, 0.1) is 0 Å². The molecule has 2 aromatic heterocycles. The van der Waals surface area contributed by atoms with E-state index in [2.05, 4.69) is 34.0 Å². The van der Waals surface area contributed by atoms with Gasteiger partial charge in [0.15, 0.2) is 10.8 Å². The summed E-state index contributed by atoms with van der Waals surface area (Å²) < 4.78 is 12.8. The van der Waals surface area contributed by atoms with Crippen LogP contribution in [0.3, 0.4) is 0 Å². The molecule has 0 bridgehead atoms. The minimum atomic E-state index is 0.395. The normalized spacial score (nSPS) is 11.3. The highest BCUT2D eigenvalue weighted by Gasteiger charge is 2.14. The zero-order valence-corrected chi connectivity index (χ0v) is 14.9. The average Bonchev–Trinajstić information content (AvgIpc) is 3.19. The molecule has 0 aliphatic rings. The molecule has 2 heterocycles. The van der Waals surface area contributed by atoms with Crippen LogP contribution in [0.2, 0.25) is 0 Å². The van der Waals surface area contributed by atoms with Gasteiger partial charge >= 0.3 is 0 Å². The lowest BCUT2D eigenvalue weighted by Gasteiger charge is -2.15. The molecule has 0 aliphatic heterocycles. The molecule has 3 aromatic rings. The summed E-state index contributed by atoms with van der Waals surface area (Å²) in [5.41, 5.74) is 0. The van der Waals surface area contributed by atoms with Gasteiger partial charge in [0.2, 0.25) is 4.96 Å². The van der Waals surface area contributed by atoms with Crippen molar-refractivity contribution in [1.82, 2.24) is 24.7 Å². The summed E-state index contributed by atoms with van der Waals surface area (Å²) in [7, 11) is 1.64. The Morgan fingerprint density at radius 3 is 2.71 bits per heavy atom. The molecule has 128 valence electrons. The summed E-state index contributed by atoms with van der Waals surface area (Å²) in [6.07, 6.45) is 0.